The van der Waals surface area contributed by atoms with Crippen molar-refractivity contribution in [2.45, 2.75) is 23.7 Å². The molecule has 0 bridgehead atoms. The van der Waals surface area contributed by atoms with Gasteiger partial charge < -0.3 is 14.8 Å². The molecule has 1 aromatic carbocycles. The number of methoxy groups -OCH3 is 2. The van der Waals surface area contributed by atoms with Gasteiger partial charge in [0.25, 0.3) is 0 Å². The lowest BCUT2D eigenvalue weighted by Crippen LogP contribution is -2.30. The van der Waals surface area contributed by atoms with E-state index in [1.54, 1.807) is 20.4 Å². The largest absolute Gasteiger partial charge is 0.493 e. The van der Waals surface area contributed by atoms with Crippen molar-refractivity contribution in [3.05, 3.63) is 46.6 Å². The summed E-state index contributed by atoms with van der Waals surface area (Å²) in [6.45, 7) is 2.28. The van der Waals surface area contributed by atoms with E-state index in [0.29, 0.717) is 18.0 Å². The minimum Gasteiger partial charge on any atom is -0.493 e. The van der Waals surface area contributed by atoms with Gasteiger partial charge in [0.15, 0.2) is 11.5 Å². The molecule has 2 rings (SSSR count). The molecule has 5 nitrogen and oxygen atoms in total. The molecule has 0 spiro atoms. The van der Waals surface area contributed by atoms with Crippen LogP contribution in [0.1, 0.15) is 12.5 Å². The third kappa shape index (κ3) is 4.88. The summed E-state index contributed by atoms with van der Waals surface area (Å²) in [6.07, 6.45) is 1.71. The van der Waals surface area contributed by atoms with E-state index in [2.05, 4.69) is 26.2 Å². The lowest BCUT2D eigenvalue weighted by molar-refractivity contribution is -0.120. The molecule has 1 atom stereocenters. The van der Waals surface area contributed by atoms with Gasteiger partial charge in [-0.25, -0.2) is 4.98 Å². The van der Waals surface area contributed by atoms with E-state index in [1.807, 2.05) is 37.3 Å². The number of nitrogens with zero attached hydrogens (tertiary/aromatic N) is 1. The van der Waals surface area contributed by atoms with Crippen LogP contribution in [0.25, 0.3) is 0 Å². The maximum absolute atomic E-state index is 12.3. The minimum atomic E-state index is -0.253. The molecular formula is C17H19BrN2O3S. The average Bonchev–Trinajstić information content (AvgIpc) is 2.61. The number of pyridine rings is 1. The molecule has 0 radical (unpaired) electrons. The third-order valence-corrected chi connectivity index (χ3v) is 5.32. The molecule has 0 saturated carbocycles. The molecular weight excluding hydrogens is 392 g/mol. The number of ether oxygens (including phenoxy) is 2. The predicted molar refractivity (Wildman–Crippen MR) is 98.6 cm³/mol. The van der Waals surface area contributed by atoms with Gasteiger partial charge in [0, 0.05) is 17.2 Å². The van der Waals surface area contributed by atoms with Crippen LogP contribution in [-0.4, -0.2) is 30.4 Å². The van der Waals surface area contributed by atoms with E-state index in [-0.39, 0.29) is 11.2 Å². The second kappa shape index (κ2) is 8.94. The van der Waals surface area contributed by atoms with E-state index >= 15 is 0 Å². The number of hydrogen-bond acceptors (Lipinski definition) is 5. The van der Waals surface area contributed by atoms with E-state index in [0.717, 1.165) is 15.1 Å². The summed E-state index contributed by atoms with van der Waals surface area (Å²) in [6, 6.07) is 9.32. The monoisotopic (exact) mass is 410 g/mol. The molecule has 0 aliphatic rings. The van der Waals surface area contributed by atoms with Crippen LogP contribution in [-0.2, 0) is 11.3 Å². The molecule has 1 aromatic heterocycles. The van der Waals surface area contributed by atoms with Crippen molar-refractivity contribution in [3.8, 4) is 11.5 Å². The highest BCUT2D eigenvalue weighted by molar-refractivity contribution is 9.10. The van der Waals surface area contributed by atoms with Gasteiger partial charge in [-0.2, -0.15) is 0 Å². The number of nitrogens with one attached hydrogen (secondary N) is 1. The van der Waals surface area contributed by atoms with Crippen molar-refractivity contribution < 1.29 is 14.3 Å². The first-order chi connectivity index (χ1) is 11.5. The van der Waals surface area contributed by atoms with Gasteiger partial charge in [0.1, 0.15) is 5.03 Å². The molecule has 0 saturated heterocycles. The summed E-state index contributed by atoms with van der Waals surface area (Å²) in [5.41, 5.74) is 0.942. The Morgan fingerprint density at radius 1 is 1.29 bits per heavy atom. The molecule has 1 heterocycles. The van der Waals surface area contributed by atoms with E-state index in [4.69, 9.17) is 9.47 Å². The Hall–Kier alpha value is -1.73. The smallest absolute Gasteiger partial charge is 0.233 e. The van der Waals surface area contributed by atoms with E-state index in [9.17, 15) is 4.79 Å². The number of carbonyl (C=O) groups excluding carboxylic acids is 1. The van der Waals surface area contributed by atoms with Crippen LogP contribution in [0.4, 0.5) is 0 Å². The lowest BCUT2D eigenvalue weighted by Gasteiger charge is -2.13. The molecule has 1 N–H and O–H groups in total. The second-order valence-corrected chi connectivity index (χ2v) is 7.14. The van der Waals surface area contributed by atoms with E-state index < -0.39 is 0 Å². The highest BCUT2D eigenvalue weighted by atomic mass is 79.9. The Kier molecular flexibility index (Phi) is 6.93. The Bertz CT molecular complexity index is 712. The van der Waals surface area contributed by atoms with Crippen LogP contribution in [0.5, 0.6) is 11.5 Å². The average molecular weight is 411 g/mol. The fourth-order valence-corrected chi connectivity index (χ4v) is 3.37. The van der Waals surface area contributed by atoms with Gasteiger partial charge in [-0.1, -0.05) is 17.8 Å². The number of aromatic nitrogens is 1. The molecule has 0 fully saturated rings. The second-order valence-electron chi connectivity index (χ2n) is 4.96. The number of amides is 1. The zero-order valence-corrected chi connectivity index (χ0v) is 16.1. The van der Waals surface area contributed by atoms with Gasteiger partial charge in [0.05, 0.1) is 19.5 Å². The number of carbonyl (C=O) groups is 1. The summed E-state index contributed by atoms with van der Waals surface area (Å²) in [7, 11) is 3.18. The SMILES string of the molecule is COc1ccc(CNC(=O)C(C)Sc2ncccc2Br)cc1OC. The molecule has 2 aromatic rings. The molecule has 0 aliphatic carbocycles. The van der Waals surface area contributed by atoms with Gasteiger partial charge >= 0.3 is 0 Å². The molecule has 0 aliphatic heterocycles. The summed E-state index contributed by atoms with van der Waals surface area (Å²) in [4.78, 5) is 16.5. The van der Waals surface area contributed by atoms with Crippen LogP contribution in [0, 0.1) is 0 Å². The number of thioether (sulfide) groups is 1. The predicted octanol–water partition coefficient (Wildman–Crippen LogP) is 3.66. The topological polar surface area (TPSA) is 60.5 Å². The van der Waals surface area contributed by atoms with Gasteiger partial charge in [-0.05, 0) is 52.7 Å². The molecule has 24 heavy (non-hydrogen) atoms. The first-order valence-corrected chi connectivity index (χ1v) is 8.98. The Balaban J connectivity index is 1.94. The highest BCUT2D eigenvalue weighted by Gasteiger charge is 2.16. The zero-order valence-electron chi connectivity index (χ0n) is 13.7. The molecule has 7 heteroatoms. The summed E-state index contributed by atoms with van der Waals surface area (Å²) in [5.74, 6) is 1.26. The summed E-state index contributed by atoms with van der Waals surface area (Å²) >= 11 is 4.85. The summed E-state index contributed by atoms with van der Waals surface area (Å²) in [5, 5.41) is 3.47. The van der Waals surface area contributed by atoms with Crippen LogP contribution < -0.4 is 14.8 Å². The fourth-order valence-electron chi connectivity index (χ4n) is 2.00. The quantitative estimate of drug-likeness (QED) is 0.705. The van der Waals surface area contributed by atoms with Gasteiger partial charge in [-0.15, -0.1) is 0 Å². The maximum atomic E-state index is 12.3. The number of benzene rings is 1. The van der Waals surface area contributed by atoms with Crippen LogP contribution >= 0.6 is 27.7 Å². The Labute approximate surface area is 154 Å². The minimum absolute atomic E-state index is 0.0488. The Morgan fingerprint density at radius 3 is 2.71 bits per heavy atom. The highest BCUT2D eigenvalue weighted by Crippen LogP contribution is 2.29. The van der Waals surface area contributed by atoms with Crippen LogP contribution in [0.15, 0.2) is 46.0 Å². The van der Waals surface area contributed by atoms with Crippen molar-refractivity contribution in [1.82, 2.24) is 10.3 Å². The first-order valence-electron chi connectivity index (χ1n) is 7.31. The summed E-state index contributed by atoms with van der Waals surface area (Å²) < 4.78 is 11.4. The van der Waals surface area contributed by atoms with Gasteiger partial charge in [0.2, 0.25) is 5.91 Å². The van der Waals surface area contributed by atoms with Crippen molar-refractivity contribution in [1.29, 1.82) is 0 Å². The van der Waals surface area contributed by atoms with E-state index in [1.165, 1.54) is 11.8 Å². The lowest BCUT2D eigenvalue weighted by atomic mass is 10.2. The number of halogens is 1. The third-order valence-electron chi connectivity index (χ3n) is 3.30. The first kappa shape index (κ1) is 18.6. The standard InChI is InChI=1S/C17H19BrN2O3S/c1-11(24-17-13(18)5-4-8-19-17)16(21)20-10-12-6-7-14(22-2)15(9-12)23-3/h4-9,11H,10H2,1-3H3,(H,20,21). The number of hydrogen-bond donors (Lipinski definition) is 1. The Morgan fingerprint density at radius 2 is 2.04 bits per heavy atom. The number of rotatable bonds is 7. The molecule has 1 unspecified atom stereocenters. The fraction of sp³-hybridized carbons (Fsp3) is 0.294. The normalized spacial score (nSPS) is 11.7. The maximum Gasteiger partial charge on any atom is 0.233 e. The van der Waals surface area contributed by atoms with Crippen molar-refractivity contribution in [2.75, 3.05) is 14.2 Å². The van der Waals surface area contributed by atoms with Crippen molar-refractivity contribution in [2.24, 2.45) is 0 Å². The van der Waals surface area contributed by atoms with Crippen molar-refractivity contribution >= 4 is 33.6 Å². The molecule has 1 amide bonds. The van der Waals surface area contributed by atoms with Crippen LogP contribution in [0.3, 0.4) is 0 Å². The van der Waals surface area contributed by atoms with Gasteiger partial charge in [-0.3, -0.25) is 4.79 Å². The van der Waals surface area contributed by atoms with Crippen LogP contribution in [0.2, 0.25) is 0 Å². The molecule has 128 valence electrons. The zero-order chi connectivity index (χ0) is 17.5. The van der Waals surface area contributed by atoms with Crippen molar-refractivity contribution in [3.63, 3.8) is 0 Å².